The maximum atomic E-state index is 12.7. The highest BCUT2D eigenvalue weighted by atomic mass is 16.7. The molecule has 0 spiro atoms. The van der Waals surface area contributed by atoms with Crippen LogP contribution < -0.4 is 25.0 Å². The average Bonchev–Trinajstić information content (AvgIpc) is 3.36. The Kier molecular flexibility index (Phi) is 7.29. The van der Waals surface area contributed by atoms with Gasteiger partial charge in [0.1, 0.15) is 0 Å². The third-order valence-electron chi connectivity index (χ3n) is 7.37. The number of nitrogens with zero attached hydrogens (tertiary/aromatic N) is 3. The Hall–Kier alpha value is -3.30. The molecule has 192 valence electrons. The molecule has 1 fully saturated rings. The third-order valence-corrected chi connectivity index (χ3v) is 7.37. The Morgan fingerprint density at radius 2 is 1.69 bits per heavy atom. The minimum absolute atomic E-state index is 0.0156. The van der Waals surface area contributed by atoms with Crippen LogP contribution in [0.1, 0.15) is 29.2 Å². The molecule has 1 atom stereocenters. The summed E-state index contributed by atoms with van der Waals surface area (Å²) in [7, 11) is 4.27. The molecule has 3 aliphatic rings. The fraction of sp³-hybridized carbons (Fsp3) is 0.481. The summed E-state index contributed by atoms with van der Waals surface area (Å²) in [6.45, 7) is 5.70. The molecule has 1 saturated heterocycles. The summed E-state index contributed by atoms with van der Waals surface area (Å²) in [4.78, 5) is 32.3. The number of benzene rings is 2. The Morgan fingerprint density at radius 3 is 2.53 bits per heavy atom. The van der Waals surface area contributed by atoms with E-state index in [2.05, 4.69) is 57.6 Å². The van der Waals surface area contributed by atoms with Crippen molar-refractivity contribution in [2.24, 2.45) is 0 Å². The first kappa shape index (κ1) is 24.4. The normalized spacial score (nSPS) is 18.4. The molecule has 0 bridgehead atoms. The van der Waals surface area contributed by atoms with Gasteiger partial charge in [-0.2, -0.15) is 0 Å². The fourth-order valence-corrected chi connectivity index (χ4v) is 5.19. The number of fused-ring (bicyclic) bond motifs is 2. The van der Waals surface area contributed by atoms with Crippen molar-refractivity contribution in [3.05, 3.63) is 53.1 Å². The van der Waals surface area contributed by atoms with Gasteiger partial charge in [0.2, 0.25) is 6.79 Å². The van der Waals surface area contributed by atoms with Crippen molar-refractivity contribution in [1.82, 2.24) is 20.4 Å². The molecule has 5 rings (SSSR count). The van der Waals surface area contributed by atoms with Gasteiger partial charge in [-0.1, -0.05) is 18.2 Å². The van der Waals surface area contributed by atoms with Crippen molar-refractivity contribution in [2.45, 2.75) is 25.4 Å². The van der Waals surface area contributed by atoms with Crippen LogP contribution in [-0.4, -0.2) is 81.8 Å². The molecule has 2 amide bonds. The van der Waals surface area contributed by atoms with Crippen molar-refractivity contribution in [3.8, 4) is 11.5 Å². The van der Waals surface area contributed by atoms with Crippen molar-refractivity contribution in [1.29, 1.82) is 0 Å². The molecule has 2 N–H and O–H groups in total. The number of ether oxygens (including phenoxy) is 2. The average molecular weight is 494 g/mol. The first-order valence-electron chi connectivity index (χ1n) is 12.7. The first-order valence-corrected chi connectivity index (χ1v) is 12.7. The minimum Gasteiger partial charge on any atom is -0.454 e. The predicted molar refractivity (Wildman–Crippen MR) is 137 cm³/mol. The SMILES string of the molecule is CN1CCN([C@@H](CNC(=O)C(=O)NCc2ccc3c(c2)OCO3)c2ccc3c(c2)CCCN3C)CC1. The number of hydrogen-bond acceptors (Lipinski definition) is 7. The molecule has 0 aromatic heterocycles. The van der Waals surface area contributed by atoms with E-state index < -0.39 is 11.8 Å². The van der Waals surface area contributed by atoms with E-state index in [1.54, 1.807) is 6.07 Å². The number of aryl methyl sites for hydroxylation is 1. The minimum atomic E-state index is -0.642. The highest BCUT2D eigenvalue weighted by Crippen LogP contribution is 2.33. The van der Waals surface area contributed by atoms with Crippen LogP contribution in [-0.2, 0) is 22.6 Å². The van der Waals surface area contributed by atoms with Crippen molar-refractivity contribution in [2.75, 3.05) is 65.1 Å². The van der Waals surface area contributed by atoms with Gasteiger partial charge in [-0.3, -0.25) is 14.5 Å². The number of anilines is 1. The van der Waals surface area contributed by atoms with Gasteiger partial charge < -0.3 is 29.9 Å². The van der Waals surface area contributed by atoms with E-state index in [-0.39, 0.29) is 19.4 Å². The Bertz CT molecular complexity index is 1120. The second-order valence-corrected chi connectivity index (χ2v) is 9.85. The zero-order chi connectivity index (χ0) is 25.1. The zero-order valence-corrected chi connectivity index (χ0v) is 21.1. The van der Waals surface area contributed by atoms with E-state index in [1.807, 2.05) is 12.1 Å². The van der Waals surface area contributed by atoms with E-state index in [9.17, 15) is 9.59 Å². The monoisotopic (exact) mass is 493 g/mol. The van der Waals surface area contributed by atoms with Crippen LogP contribution in [0, 0.1) is 0 Å². The van der Waals surface area contributed by atoms with E-state index in [4.69, 9.17) is 9.47 Å². The number of rotatable bonds is 6. The standard InChI is InChI=1S/C27H35N5O4/c1-30-10-12-32(13-11-30)23(21-6-7-22-20(15-21)4-3-9-31(22)2)17-29-27(34)26(33)28-16-19-5-8-24-25(14-19)36-18-35-24/h5-8,14-15,23H,3-4,9-13,16-18H2,1-2H3,(H,28,33)(H,29,34)/t23-/m0/s1. The second kappa shape index (κ2) is 10.8. The topological polar surface area (TPSA) is 86.4 Å². The molecule has 3 aliphatic heterocycles. The van der Waals surface area contributed by atoms with Crippen LogP contribution in [0.25, 0.3) is 0 Å². The lowest BCUT2D eigenvalue weighted by Gasteiger charge is -2.39. The predicted octanol–water partition coefficient (Wildman–Crippen LogP) is 1.52. The Balaban J connectivity index is 1.23. The van der Waals surface area contributed by atoms with Crippen LogP contribution in [0.15, 0.2) is 36.4 Å². The summed E-state index contributed by atoms with van der Waals surface area (Å²) in [5.41, 5.74) is 4.67. The fourth-order valence-electron chi connectivity index (χ4n) is 5.19. The summed E-state index contributed by atoms with van der Waals surface area (Å²) in [6, 6.07) is 12.2. The number of nitrogens with one attached hydrogen (secondary N) is 2. The van der Waals surface area contributed by atoms with E-state index in [1.165, 1.54) is 16.8 Å². The summed E-state index contributed by atoms with van der Waals surface area (Å²) in [5, 5.41) is 5.61. The van der Waals surface area contributed by atoms with Crippen LogP contribution in [0.4, 0.5) is 5.69 Å². The lowest BCUT2D eigenvalue weighted by molar-refractivity contribution is -0.139. The van der Waals surface area contributed by atoms with Crippen LogP contribution in [0.2, 0.25) is 0 Å². The quantitative estimate of drug-likeness (QED) is 0.590. The number of carbonyl (C=O) groups is 2. The summed E-state index contributed by atoms with van der Waals surface area (Å²) in [6.07, 6.45) is 2.21. The van der Waals surface area contributed by atoms with E-state index in [0.29, 0.717) is 18.0 Å². The smallest absolute Gasteiger partial charge is 0.309 e. The molecule has 0 unspecified atom stereocenters. The van der Waals surface area contributed by atoms with Gasteiger partial charge >= 0.3 is 11.8 Å². The van der Waals surface area contributed by atoms with E-state index >= 15 is 0 Å². The molecule has 9 heteroatoms. The van der Waals surface area contributed by atoms with Gasteiger partial charge in [-0.25, -0.2) is 0 Å². The number of likely N-dealkylation sites (N-methyl/N-ethyl adjacent to an activating group) is 1. The van der Waals surface area contributed by atoms with Gasteiger partial charge in [-0.05, 0) is 54.8 Å². The number of piperazine rings is 1. The lowest BCUT2D eigenvalue weighted by atomic mass is 9.95. The highest BCUT2D eigenvalue weighted by molar-refractivity contribution is 6.35. The van der Waals surface area contributed by atoms with Crippen LogP contribution in [0.5, 0.6) is 11.5 Å². The van der Waals surface area contributed by atoms with Crippen molar-refractivity contribution in [3.63, 3.8) is 0 Å². The summed E-state index contributed by atoms with van der Waals surface area (Å²) >= 11 is 0. The number of hydrogen-bond donors (Lipinski definition) is 2. The molecule has 0 saturated carbocycles. The molecule has 3 heterocycles. The zero-order valence-electron chi connectivity index (χ0n) is 21.1. The first-order chi connectivity index (χ1) is 17.5. The van der Waals surface area contributed by atoms with Gasteiger partial charge in [-0.15, -0.1) is 0 Å². The number of amides is 2. The van der Waals surface area contributed by atoms with Crippen LogP contribution >= 0.6 is 0 Å². The van der Waals surface area contributed by atoms with Crippen LogP contribution in [0.3, 0.4) is 0 Å². The molecule has 36 heavy (non-hydrogen) atoms. The van der Waals surface area contributed by atoms with Gasteiger partial charge in [0.05, 0.1) is 6.04 Å². The third kappa shape index (κ3) is 5.42. The van der Waals surface area contributed by atoms with Gasteiger partial charge in [0, 0.05) is 58.5 Å². The van der Waals surface area contributed by atoms with Gasteiger partial charge in [0.15, 0.2) is 11.5 Å². The molecule has 0 aliphatic carbocycles. The lowest BCUT2D eigenvalue weighted by Crippen LogP contribution is -2.49. The summed E-state index contributed by atoms with van der Waals surface area (Å²) in [5.74, 6) is 0.0773. The van der Waals surface area contributed by atoms with Crippen molar-refractivity contribution >= 4 is 17.5 Å². The second-order valence-electron chi connectivity index (χ2n) is 9.85. The van der Waals surface area contributed by atoms with E-state index in [0.717, 1.165) is 51.1 Å². The molecular formula is C27H35N5O4. The molecule has 9 nitrogen and oxygen atoms in total. The van der Waals surface area contributed by atoms with Crippen molar-refractivity contribution < 1.29 is 19.1 Å². The maximum absolute atomic E-state index is 12.7. The highest BCUT2D eigenvalue weighted by Gasteiger charge is 2.27. The molecular weight excluding hydrogens is 458 g/mol. The maximum Gasteiger partial charge on any atom is 0.309 e. The molecule has 2 aromatic rings. The largest absolute Gasteiger partial charge is 0.454 e. The Labute approximate surface area is 212 Å². The Morgan fingerprint density at radius 1 is 0.917 bits per heavy atom. The molecule has 0 radical (unpaired) electrons. The molecule has 2 aromatic carbocycles. The summed E-state index contributed by atoms with van der Waals surface area (Å²) < 4.78 is 10.7. The van der Waals surface area contributed by atoms with Gasteiger partial charge in [0.25, 0.3) is 0 Å². The number of carbonyl (C=O) groups excluding carboxylic acids is 2.